The van der Waals surface area contributed by atoms with Crippen LogP contribution >= 0.6 is 15.9 Å². The van der Waals surface area contributed by atoms with E-state index in [1.165, 1.54) is 6.07 Å². The molecule has 0 radical (unpaired) electrons. The molecule has 1 atom stereocenters. The maximum absolute atomic E-state index is 14.0. The molecule has 0 fully saturated rings. The molecule has 0 spiro atoms. The summed E-state index contributed by atoms with van der Waals surface area (Å²) >= 11 is 2.69. The Kier molecular flexibility index (Phi) is 6.13. The van der Waals surface area contributed by atoms with Crippen molar-refractivity contribution in [3.63, 3.8) is 0 Å². The molecule has 1 amide bonds. The molecular formula is C12H5BrF11NO2. The number of benzene rings is 1. The van der Waals surface area contributed by atoms with E-state index in [1.807, 2.05) is 0 Å². The lowest BCUT2D eigenvalue weighted by Gasteiger charge is -2.34. The first-order valence-electron chi connectivity index (χ1n) is 6.21. The van der Waals surface area contributed by atoms with E-state index in [1.54, 1.807) is 0 Å². The molecule has 0 aromatic heterocycles. The van der Waals surface area contributed by atoms with Gasteiger partial charge in [0, 0.05) is 4.47 Å². The summed E-state index contributed by atoms with van der Waals surface area (Å²) in [6, 6.07) is 4.28. The lowest BCUT2D eigenvalue weighted by molar-refractivity contribution is -0.472. The highest BCUT2D eigenvalue weighted by atomic mass is 79.9. The highest BCUT2D eigenvalue weighted by Gasteiger charge is 2.79. The van der Waals surface area contributed by atoms with Crippen LogP contribution in [0.25, 0.3) is 0 Å². The van der Waals surface area contributed by atoms with E-state index in [0.29, 0.717) is 0 Å². The summed E-state index contributed by atoms with van der Waals surface area (Å²) < 4.78 is 142. The molecule has 1 N–H and O–H groups in total. The highest BCUT2D eigenvalue weighted by Crippen LogP contribution is 2.51. The van der Waals surface area contributed by atoms with Gasteiger partial charge in [-0.3, -0.25) is 9.53 Å². The van der Waals surface area contributed by atoms with Crippen LogP contribution in [0.2, 0.25) is 0 Å². The van der Waals surface area contributed by atoms with E-state index >= 15 is 0 Å². The topological polar surface area (TPSA) is 38.3 Å². The Morgan fingerprint density at radius 3 is 1.74 bits per heavy atom. The number of amides is 1. The van der Waals surface area contributed by atoms with Crippen LogP contribution in [0, 0.1) is 0 Å². The number of rotatable bonds is 5. The summed E-state index contributed by atoms with van der Waals surface area (Å²) in [5.74, 6) is -16.6. The van der Waals surface area contributed by atoms with Gasteiger partial charge in [-0.05, 0) is 28.1 Å². The molecule has 1 aromatic carbocycles. The number of hydrogen-bond acceptors (Lipinski definition) is 2. The smallest absolute Gasteiger partial charge is 0.320 e. The van der Waals surface area contributed by atoms with Crippen molar-refractivity contribution < 1.29 is 57.8 Å². The monoisotopic (exact) mass is 483 g/mol. The van der Waals surface area contributed by atoms with Gasteiger partial charge in [0.25, 0.3) is 5.91 Å². The van der Waals surface area contributed by atoms with Crippen LogP contribution in [0.3, 0.4) is 0 Å². The number of hydrogen-bond donors (Lipinski definition) is 1. The normalized spacial score (nSPS) is 16.0. The molecule has 0 aliphatic carbocycles. The van der Waals surface area contributed by atoms with Crippen molar-refractivity contribution in [2.45, 2.75) is 30.2 Å². The van der Waals surface area contributed by atoms with Crippen LogP contribution in [0.5, 0.6) is 0 Å². The second kappa shape index (κ2) is 7.07. The summed E-state index contributed by atoms with van der Waals surface area (Å²) in [6.07, 6.45) is -20.9. The molecule has 0 aliphatic heterocycles. The third kappa shape index (κ3) is 4.44. The van der Waals surface area contributed by atoms with Gasteiger partial charge < -0.3 is 5.32 Å². The lowest BCUT2D eigenvalue weighted by Crippen LogP contribution is -2.62. The number of carbonyl (C=O) groups is 1. The fourth-order valence-corrected chi connectivity index (χ4v) is 1.79. The minimum Gasteiger partial charge on any atom is -0.320 e. The molecular weight excluding hydrogens is 479 g/mol. The van der Waals surface area contributed by atoms with Gasteiger partial charge in [0.2, 0.25) is 0 Å². The van der Waals surface area contributed by atoms with Gasteiger partial charge >= 0.3 is 30.2 Å². The average molecular weight is 484 g/mol. The maximum Gasteiger partial charge on any atom is 0.462 e. The van der Waals surface area contributed by atoms with Crippen LogP contribution in [0.4, 0.5) is 54.0 Å². The van der Waals surface area contributed by atoms with Gasteiger partial charge in [-0.2, -0.15) is 48.3 Å². The Labute approximate surface area is 150 Å². The predicted molar refractivity (Wildman–Crippen MR) is 69.7 cm³/mol. The van der Waals surface area contributed by atoms with Crippen LogP contribution in [0.1, 0.15) is 0 Å². The number of alkyl halides is 11. The van der Waals surface area contributed by atoms with Crippen LogP contribution in [0.15, 0.2) is 28.7 Å². The molecule has 0 saturated carbocycles. The first-order valence-corrected chi connectivity index (χ1v) is 7.00. The highest BCUT2D eigenvalue weighted by molar-refractivity contribution is 9.10. The van der Waals surface area contributed by atoms with Gasteiger partial charge in [-0.15, -0.1) is 0 Å². The number of halogens is 12. The molecule has 0 unspecified atom stereocenters. The molecule has 0 saturated heterocycles. The number of carbonyl (C=O) groups excluding carboxylic acids is 1. The van der Waals surface area contributed by atoms with Crippen LogP contribution in [-0.4, -0.2) is 36.1 Å². The third-order valence-corrected chi connectivity index (χ3v) is 3.46. The summed E-state index contributed by atoms with van der Waals surface area (Å²) in [7, 11) is 0. The van der Waals surface area contributed by atoms with Crippen molar-refractivity contribution in [1.82, 2.24) is 0 Å². The standard InChI is InChI=1S/C12H5BrF11NO2/c13-5-3-1-2-4-6(5)25-7(26)8(14,10(17,18)19)27-12(23,24)9(15,16)11(20,21)22/h1-4H,(H,25,26)/t8-/m1/s1. The molecule has 27 heavy (non-hydrogen) atoms. The van der Waals surface area contributed by atoms with E-state index in [-0.39, 0.29) is 4.47 Å². The minimum atomic E-state index is -7.24. The van der Waals surface area contributed by atoms with E-state index < -0.39 is 41.8 Å². The molecule has 0 aliphatic rings. The fourth-order valence-electron chi connectivity index (χ4n) is 1.40. The predicted octanol–water partition coefficient (Wildman–Crippen LogP) is 5.42. The lowest BCUT2D eigenvalue weighted by atomic mass is 10.2. The summed E-state index contributed by atoms with van der Waals surface area (Å²) in [5, 5.41) is 1.10. The van der Waals surface area contributed by atoms with Crippen molar-refractivity contribution >= 4 is 27.5 Å². The first-order chi connectivity index (χ1) is 11.9. The Morgan fingerprint density at radius 1 is 0.852 bits per heavy atom. The van der Waals surface area contributed by atoms with Gasteiger partial charge in [0.15, 0.2) is 0 Å². The molecule has 1 aromatic rings. The molecule has 154 valence electrons. The summed E-state index contributed by atoms with van der Waals surface area (Å²) in [6.45, 7) is 0. The van der Waals surface area contributed by atoms with Gasteiger partial charge in [-0.25, -0.2) is 0 Å². The van der Waals surface area contributed by atoms with Gasteiger partial charge in [0.1, 0.15) is 0 Å². The Hall–Kier alpha value is -1.64. The maximum atomic E-state index is 14.0. The molecule has 0 bridgehead atoms. The average Bonchev–Trinajstić information content (AvgIpc) is 2.46. The molecule has 15 heteroatoms. The van der Waals surface area contributed by atoms with E-state index in [2.05, 4.69) is 20.7 Å². The van der Waals surface area contributed by atoms with Crippen molar-refractivity contribution in [3.05, 3.63) is 28.7 Å². The van der Waals surface area contributed by atoms with Gasteiger partial charge in [0.05, 0.1) is 5.69 Å². The zero-order chi connectivity index (χ0) is 21.5. The second-order valence-electron chi connectivity index (χ2n) is 4.72. The largest absolute Gasteiger partial charge is 0.462 e. The van der Waals surface area contributed by atoms with E-state index in [9.17, 15) is 53.1 Å². The summed E-state index contributed by atoms with van der Waals surface area (Å²) in [4.78, 5) is 11.5. The zero-order valence-electron chi connectivity index (χ0n) is 12.2. The number of nitrogens with one attached hydrogen (secondary N) is 1. The minimum absolute atomic E-state index is 0.199. The van der Waals surface area contributed by atoms with E-state index in [0.717, 1.165) is 23.5 Å². The SMILES string of the molecule is O=C(Nc1ccccc1Br)[C@@](F)(OC(F)(F)C(F)(F)C(F)(F)F)C(F)(F)F. The molecule has 0 heterocycles. The Balaban J connectivity index is 3.32. The number of anilines is 1. The van der Waals surface area contributed by atoms with Crippen molar-refractivity contribution in [2.24, 2.45) is 0 Å². The zero-order valence-corrected chi connectivity index (χ0v) is 13.7. The molecule has 1 rings (SSSR count). The van der Waals surface area contributed by atoms with Gasteiger partial charge in [-0.1, -0.05) is 12.1 Å². The summed E-state index contributed by atoms with van der Waals surface area (Å²) in [5.41, 5.74) is -0.650. The second-order valence-corrected chi connectivity index (χ2v) is 5.57. The fraction of sp³-hybridized carbons (Fsp3) is 0.417. The van der Waals surface area contributed by atoms with Crippen molar-refractivity contribution in [2.75, 3.05) is 5.32 Å². The molecule has 3 nitrogen and oxygen atoms in total. The number of ether oxygens (including phenoxy) is 1. The Morgan fingerprint density at radius 2 is 1.33 bits per heavy atom. The van der Waals surface area contributed by atoms with Crippen LogP contribution in [-0.2, 0) is 9.53 Å². The van der Waals surface area contributed by atoms with Crippen molar-refractivity contribution in [3.8, 4) is 0 Å². The van der Waals surface area contributed by atoms with Crippen molar-refractivity contribution in [1.29, 1.82) is 0 Å². The Bertz CT molecular complexity index is 703. The number of para-hydroxylation sites is 1. The van der Waals surface area contributed by atoms with Crippen LogP contribution < -0.4 is 5.32 Å². The quantitative estimate of drug-likeness (QED) is 0.568. The van der Waals surface area contributed by atoms with E-state index in [4.69, 9.17) is 0 Å². The first kappa shape index (κ1) is 23.4. The third-order valence-electron chi connectivity index (χ3n) is 2.77.